The Morgan fingerprint density at radius 3 is 2.12 bits per heavy atom. The first-order valence-corrected chi connectivity index (χ1v) is 4.24. The lowest BCUT2D eigenvalue weighted by Crippen LogP contribution is -2.31. The molecule has 17 heavy (non-hydrogen) atoms. The average Bonchev–Trinajstić information content (AvgIpc) is 2.14. The van der Waals surface area contributed by atoms with E-state index in [2.05, 4.69) is 4.74 Å². The Labute approximate surface area is 92.6 Å². The van der Waals surface area contributed by atoms with Gasteiger partial charge < -0.3 is 14.8 Å². The zero-order valence-corrected chi connectivity index (χ0v) is 8.08. The van der Waals surface area contributed by atoms with Crippen molar-refractivity contribution in [3.8, 4) is 5.75 Å². The van der Waals surface area contributed by atoms with Crippen LogP contribution in [0.2, 0.25) is 0 Å². The van der Waals surface area contributed by atoms with Crippen molar-refractivity contribution in [1.82, 2.24) is 0 Å². The van der Waals surface area contributed by atoms with Crippen molar-refractivity contribution in [3.05, 3.63) is 23.8 Å². The van der Waals surface area contributed by atoms with Gasteiger partial charge in [0.05, 0.1) is 0 Å². The van der Waals surface area contributed by atoms with Crippen LogP contribution >= 0.6 is 0 Å². The third kappa shape index (κ3) is 4.19. The molecule has 0 radical (unpaired) electrons. The maximum absolute atomic E-state index is 12.3. The molecule has 0 heterocycles. The fraction of sp³-hybridized carbons (Fsp3) is 0.250. The largest absolute Gasteiger partial charge is 0.573 e. The molecule has 1 aromatic carbocycles. The van der Waals surface area contributed by atoms with Gasteiger partial charge in [-0.05, 0) is 17.6 Å². The highest BCUT2D eigenvalue weighted by atomic mass is 19.4. The summed E-state index contributed by atoms with van der Waals surface area (Å²) in [6.07, 6.45) is -8.09. The van der Waals surface area contributed by atoms with Crippen LogP contribution < -0.4 is 10.2 Å². The van der Waals surface area contributed by atoms with Gasteiger partial charge in [0.25, 0.3) is 6.43 Å². The molecule has 2 N–H and O–H groups in total. The van der Waals surface area contributed by atoms with Gasteiger partial charge in [-0.3, -0.25) is 0 Å². The quantitative estimate of drug-likeness (QED) is 0.631. The van der Waals surface area contributed by atoms with E-state index in [0.717, 1.165) is 0 Å². The van der Waals surface area contributed by atoms with Crippen LogP contribution in [0, 0.1) is 0 Å². The number of hydrogen-bond acceptors (Lipinski definition) is 3. The second-order valence-electron chi connectivity index (χ2n) is 3.06. The number of hydrogen-bond donors (Lipinski definition) is 2. The van der Waals surface area contributed by atoms with Crippen LogP contribution in [0.15, 0.2) is 18.2 Å². The van der Waals surface area contributed by atoms with E-state index < -0.39 is 36.7 Å². The number of benzene rings is 1. The van der Waals surface area contributed by atoms with Crippen LogP contribution in [0.3, 0.4) is 0 Å². The van der Waals surface area contributed by atoms with Crippen LogP contribution in [0.4, 0.5) is 22.0 Å². The Kier molecular flexibility index (Phi) is 3.94. The summed E-state index contributed by atoms with van der Waals surface area (Å²) in [5.41, 5.74) is -1.31. The Morgan fingerprint density at radius 2 is 1.71 bits per heavy atom. The van der Waals surface area contributed by atoms with Gasteiger partial charge in [0.2, 0.25) is 0 Å². The van der Waals surface area contributed by atoms with Crippen LogP contribution in [0.5, 0.6) is 5.75 Å². The molecule has 1 rings (SSSR count). The Balaban J connectivity index is 3.13. The fourth-order valence-electron chi connectivity index (χ4n) is 1.11. The van der Waals surface area contributed by atoms with Gasteiger partial charge in [0.1, 0.15) is 5.75 Å². The Hall–Kier alpha value is -1.35. The molecule has 94 valence electrons. The molecule has 0 aliphatic heterocycles. The van der Waals surface area contributed by atoms with Crippen LogP contribution in [0.25, 0.3) is 0 Å². The highest BCUT2D eigenvalue weighted by Gasteiger charge is 2.32. The molecule has 0 unspecified atom stereocenters. The van der Waals surface area contributed by atoms with Gasteiger partial charge in [-0.25, -0.2) is 8.78 Å². The van der Waals surface area contributed by atoms with E-state index in [4.69, 9.17) is 10.0 Å². The van der Waals surface area contributed by atoms with E-state index in [9.17, 15) is 22.0 Å². The minimum atomic E-state index is -5.04. The lowest BCUT2D eigenvalue weighted by molar-refractivity contribution is -0.274. The number of ether oxygens (including phenoxy) is 1. The molecule has 0 saturated carbocycles. The molecule has 0 bridgehead atoms. The Morgan fingerprint density at radius 1 is 1.12 bits per heavy atom. The first kappa shape index (κ1) is 13.7. The van der Waals surface area contributed by atoms with E-state index in [1.54, 1.807) is 0 Å². The SMILES string of the molecule is OB(O)c1cc(OC(F)(F)F)cc(C(F)F)c1. The smallest absolute Gasteiger partial charge is 0.423 e. The predicted molar refractivity (Wildman–Crippen MR) is 47.9 cm³/mol. The average molecular weight is 256 g/mol. The minimum absolute atomic E-state index is 0.476. The first-order chi connectivity index (χ1) is 7.69. The van der Waals surface area contributed by atoms with Crippen LogP contribution in [-0.4, -0.2) is 23.5 Å². The summed E-state index contributed by atoms with van der Waals surface area (Å²) in [5, 5.41) is 17.5. The second kappa shape index (κ2) is 4.88. The van der Waals surface area contributed by atoms with E-state index in [1.165, 1.54) is 0 Å². The molecule has 0 saturated heterocycles. The van der Waals surface area contributed by atoms with Crippen LogP contribution in [0.1, 0.15) is 12.0 Å². The molecular weight excluding hydrogens is 250 g/mol. The molecule has 3 nitrogen and oxygen atoms in total. The van der Waals surface area contributed by atoms with E-state index >= 15 is 0 Å². The topological polar surface area (TPSA) is 49.7 Å². The summed E-state index contributed by atoms with van der Waals surface area (Å²) < 4.78 is 63.7. The fourth-order valence-corrected chi connectivity index (χ4v) is 1.11. The predicted octanol–water partition coefficient (Wildman–Crippen LogP) is 1.20. The van der Waals surface area contributed by atoms with Crippen molar-refractivity contribution in [2.24, 2.45) is 0 Å². The normalized spacial score (nSPS) is 11.8. The van der Waals surface area contributed by atoms with Gasteiger partial charge >= 0.3 is 13.5 Å². The summed E-state index contributed by atoms with van der Waals surface area (Å²) in [6, 6.07) is 1.77. The molecule has 0 aliphatic rings. The summed E-state index contributed by atoms with van der Waals surface area (Å²) in [4.78, 5) is 0. The van der Waals surface area contributed by atoms with Crippen molar-refractivity contribution in [2.45, 2.75) is 12.8 Å². The number of rotatable bonds is 3. The van der Waals surface area contributed by atoms with Gasteiger partial charge in [-0.15, -0.1) is 13.2 Å². The first-order valence-electron chi connectivity index (χ1n) is 4.24. The van der Waals surface area contributed by atoms with E-state index in [1.807, 2.05) is 0 Å². The number of alkyl halides is 5. The van der Waals surface area contributed by atoms with Crippen LogP contribution in [-0.2, 0) is 0 Å². The minimum Gasteiger partial charge on any atom is -0.423 e. The maximum Gasteiger partial charge on any atom is 0.573 e. The van der Waals surface area contributed by atoms with Gasteiger partial charge in [0.15, 0.2) is 0 Å². The molecule has 0 spiro atoms. The Bertz CT molecular complexity index is 367. The van der Waals surface area contributed by atoms with Crippen molar-refractivity contribution >= 4 is 12.6 Å². The molecule has 0 aliphatic carbocycles. The zero-order chi connectivity index (χ0) is 13.2. The summed E-state index contributed by atoms with van der Waals surface area (Å²) in [6.45, 7) is 0. The highest BCUT2D eigenvalue weighted by molar-refractivity contribution is 6.58. The summed E-state index contributed by atoms with van der Waals surface area (Å²) in [5.74, 6) is -0.932. The van der Waals surface area contributed by atoms with Crippen molar-refractivity contribution in [3.63, 3.8) is 0 Å². The van der Waals surface area contributed by atoms with E-state index in [0.29, 0.717) is 18.2 Å². The number of halogens is 5. The monoisotopic (exact) mass is 256 g/mol. The molecule has 9 heteroatoms. The van der Waals surface area contributed by atoms with Gasteiger partial charge in [-0.2, -0.15) is 0 Å². The molecule has 0 aromatic heterocycles. The molecule has 0 atom stereocenters. The molecular formula is C8H6BF5O3. The van der Waals surface area contributed by atoms with Crippen molar-refractivity contribution < 1.29 is 36.7 Å². The maximum atomic E-state index is 12.3. The standard InChI is InChI=1S/C8H6BF5O3/c10-7(11)4-1-5(9(15)16)3-6(2-4)17-8(12,13)14/h1-3,7,15-16H. The van der Waals surface area contributed by atoms with Gasteiger partial charge in [-0.1, -0.05) is 6.07 Å². The third-order valence-electron chi connectivity index (χ3n) is 1.73. The summed E-state index contributed by atoms with van der Waals surface area (Å²) in [7, 11) is -2.16. The lowest BCUT2D eigenvalue weighted by atomic mass is 9.79. The van der Waals surface area contributed by atoms with Gasteiger partial charge in [0, 0.05) is 5.56 Å². The highest BCUT2D eigenvalue weighted by Crippen LogP contribution is 2.26. The second-order valence-corrected chi connectivity index (χ2v) is 3.06. The molecule has 0 fully saturated rings. The third-order valence-corrected chi connectivity index (χ3v) is 1.73. The molecule has 0 amide bonds. The lowest BCUT2D eigenvalue weighted by Gasteiger charge is -2.12. The van der Waals surface area contributed by atoms with Crippen molar-refractivity contribution in [2.75, 3.05) is 0 Å². The van der Waals surface area contributed by atoms with Crippen molar-refractivity contribution in [1.29, 1.82) is 0 Å². The molecule has 1 aromatic rings. The summed E-state index contributed by atoms with van der Waals surface area (Å²) >= 11 is 0. The van der Waals surface area contributed by atoms with E-state index in [-0.39, 0.29) is 0 Å². The zero-order valence-electron chi connectivity index (χ0n) is 8.08.